The minimum absolute atomic E-state index is 0.00634. The molecule has 3 heteroatoms. The number of hydrogen-bond donors (Lipinski definition) is 0. The van der Waals surface area contributed by atoms with Gasteiger partial charge >= 0.3 is 0 Å². The van der Waals surface area contributed by atoms with Crippen LogP contribution in [0.2, 0.25) is 0 Å². The second kappa shape index (κ2) is 3.09. The SMILES string of the molecule is COc1cc(C)c(F)c(C)c1F. The summed E-state index contributed by atoms with van der Waals surface area (Å²) in [6.45, 7) is 2.96. The lowest BCUT2D eigenvalue weighted by Crippen LogP contribution is -1.97. The van der Waals surface area contributed by atoms with Gasteiger partial charge in [0.25, 0.3) is 0 Å². The molecule has 0 aliphatic rings. The highest BCUT2D eigenvalue weighted by atomic mass is 19.1. The molecule has 1 rings (SSSR count). The van der Waals surface area contributed by atoms with Crippen molar-refractivity contribution >= 4 is 0 Å². The van der Waals surface area contributed by atoms with E-state index in [0.717, 1.165) is 0 Å². The summed E-state index contributed by atoms with van der Waals surface area (Å²) in [6, 6.07) is 1.34. The molecule has 0 saturated heterocycles. The van der Waals surface area contributed by atoms with E-state index in [0.29, 0.717) is 5.56 Å². The van der Waals surface area contributed by atoms with Crippen molar-refractivity contribution in [2.45, 2.75) is 13.8 Å². The average molecular weight is 172 g/mol. The molecule has 12 heavy (non-hydrogen) atoms. The van der Waals surface area contributed by atoms with Gasteiger partial charge in [-0.1, -0.05) is 0 Å². The summed E-state index contributed by atoms with van der Waals surface area (Å²) in [4.78, 5) is 0. The van der Waals surface area contributed by atoms with E-state index in [2.05, 4.69) is 0 Å². The van der Waals surface area contributed by atoms with Crippen LogP contribution in [0.1, 0.15) is 11.1 Å². The number of methoxy groups -OCH3 is 1. The molecule has 0 aliphatic carbocycles. The zero-order valence-corrected chi connectivity index (χ0v) is 7.24. The zero-order valence-electron chi connectivity index (χ0n) is 7.24. The third kappa shape index (κ3) is 1.26. The van der Waals surface area contributed by atoms with Crippen molar-refractivity contribution in [3.63, 3.8) is 0 Å². The predicted octanol–water partition coefficient (Wildman–Crippen LogP) is 2.59. The first-order valence-corrected chi connectivity index (χ1v) is 3.57. The number of hydrogen-bond acceptors (Lipinski definition) is 1. The van der Waals surface area contributed by atoms with E-state index in [4.69, 9.17) is 4.74 Å². The quantitative estimate of drug-likeness (QED) is 0.632. The molecule has 0 spiro atoms. The van der Waals surface area contributed by atoms with Crippen molar-refractivity contribution in [2.75, 3.05) is 7.11 Å². The van der Waals surface area contributed by atoms with E-state index >= 15 is 0 Å². The summed E-state index contributed by atoms with van der Waals surface area (Å²) in [5.41, 5.74) is 0.401. The van der Waals surface area contributed by atoms with Gasteiger partial charge in [-0.15, -0.1) is 0 Å². The molecule has 0 N–H and O–H groups in total. The molecule has 0 radical (unpaired) electrons. The summed E-state index contributed by atoms with van der Waals surface area (Å²) >= 11 is 0. The van der Waals surface area contributed by atoms with Crippen molar-refractivity contribution in [1.82, 2.24) is 0 Å². The lowest BCUT2D eigenvalue weighted by atomic mass is 10.1. The minimum Gasteiger partial charge on any atom is -0.494 e. The third-order valence-corrected chi connectivity index (χ3v) is 1.79. The molecule has 1 aromatic rings. The van der Waals surface area contributed by atoms with Gasteiger partial charge in [0.15, 0.2) is 11.6 Å². The number of ether oxygens (including phenoxy) is 1. The lowest BCUT2D eigenvalue weighted by molar-refractivity contribution is 0.381. The van der Waals surface area contributed by atoms with Gasteiger partial charge in [0.1, 0.15) is 5.82 Å². The predicted molar refractivity (Wildman–Crippen MR) is 42.4 cm³/mol. The topological polar surface area (TPSA) is 9.23 Å². The Bertz CT molecular complexity index is 308. The second-order valence-corrected chi connectivity index (χ2v) is 2.65. The first kappa shape index (κ1) is 8.97. The fraction of sp³-hybridized carbons (Fsp3) is 0.333. The number of benzene rings is 1. The van der Waals surface area contributed by atoms with Crippen molar-refractivity contribution in [2.24, 2.45) is 0 Å². The van der Waals surface area contributed by atoms with Crippen molar-refractivity contribution in [3.05, 3.63) is 28.8 Å². The van der Waals surface area contributed by atoms with Crippen molar-refractivity contribution < 1.29 is 13.5 Å². The van der Waals surface area contributed by atoms with Crippen LogP contribution in [0, 0.1) is 25.5 Å². The van der Waals surface area contributed by atoms with E-state index < -0.39 is 11.6 Å². The van der Waals surface area contributed by atoms with E-state index in [9.17, 15) is 8.78 Å². The van der Waals surface area contributed by atoms with Crippen LogP contribution in [0.5, 0.6) is 5.75 Å². The van der Waals surface area contributed by atoms with Gasteiger partial charge in [0.05, 0.1) is 7.11 Å². The highest BCUT2D eigenvalue weighted by Crippen LogP contribution is 2.24. The van der Waals surface area contributed by atoms with E-state index in [-0.39, 0.29) is 11.3 Å². The Kier molecular flexibility index (Phi) is 2.31. The summed E-state index contributed by atoms with van der Waals surface area (Å²) in [6.07, 6.45) is 0. The molecular formula is C9H10F2O. The van der Waals surface area contributed by atoms with Crippen LogP contribution in [0.4, 0.5) is 8.78 Å². The van der Waals surface area contributed by atoms with E-state index in [1.54, 1.807) is 6.92 Å². The Labute approximate surface area is 70.0 Å². The maximum absolute atomic E-state index is 13.1. The number of halogens is 2. The van der Waals surface area contributed by atoms with Crippen LogP contribution in [-0.4, -0.2) is 7.11 Å². The summed E-state index contributed by atoms with van der Waals surface area (Å²) in [5.74, 6) is -1.04. The van der Waals surface area contributed by atoms with Gasteiger partial charge in [0, 0.05) is 5.56 Å². The Hall–Kier alpha value is -1.12. The standard InChI is InChI=1S/C9H10F2O/c1-5-4-7(12-3)9(11)6(2)8(5)10/h4H,1-3H3. The molecule has 0 fully saturated rings. The van der Waals surface area contributed by atoms with Crippen LogP contribution < -0.4 is 4.74 Å². The summed E-state index contributed by atoms with van der Waals surface area (Å²) in [7, 11) is 1.36. The Morgan fingerprint density at radius 1 is 1.17 bits per heavy atom. The van der Waals surface area contributed by atoms with Crippen LogP contribution in [0.25, 0.3) is 0 Å². The van der Waals surface area contributed by atoms with E-state index in [1.807, 2.05) is 0 Å². The number of rotatable bonds is 1. The van der Waals surface area contributed by atoms with Crippen molar-refractivity contribution in [3.8, 4) is 5.75 Å². The molecule has 66 valence electrons. The number of aryl methyl sites for hydroxylation is 1. The van der Waals surface area contributed by atoms with Gasteiger partial charge < -0.3 is 4.74 Å². The third-order valence-electron chi connectivity index (χ3n) is 1.79. The Balaban J connectivity index is 3.39. The second-order valence-electron chi connectivity index (χ2n) is 2.65. The van der Waals surface area contributed by atoms with Gasteiger partial charge in [0.2, 0.25) is 0 Å². The normalized spacial score (nSPS) is 10.1. The summed E-state index contributed by atoms with van der Waals surface area (Å²) < 4.78 is 30.8. The largest absolute Gasteiger partial charge is 0.494 e. The minimum atomic E-state index is -0.624. The molecule has 0 bridgehead atoms. The van der Waals surface area contributed by atoms with Gasteiger partial charge in [-0.05, 0) is 25.5 Å². The molecule has 0 saturated carbocycles. The molecule has 0 unspecified atom stereocenters. The molecule has 0 aromatic heterocycles. The highest BCUT2D eigenvalue weighted by Gasteiger charge is 2.12. The molecular weight excluding hydrogens is 162 g/mol. The molecule has 1 aromatic carbocycles. The van der Waals surface area contributed by atoms with Crippen LogP contribution in [0.3, 0.4) is 0 Å². The molecule has 0 amide bonds. The molecule has 0 atom stereocenters. The van der Waals surface area contributed by atoms with Crippen molar-refractivity contribution in [1.29, 1.82) is 0 Å². The summed E-state index contributed by atoms with van der Waals surface area (Å²) in [5, 5.41) is 0. The highest BCUT2D eigenvalue weighted by molar-refractivity contribution is 5.36. The smallest absolute Gasteiger partial charge is 0.170 e. The fourth-order valence-corrected chi connectivity index (χ4v) is 1.05. The van der Waals surface area contributed by atoms with Crippen LogP contribution in [-0.2, 0) is 0 Å². The van der Waals surface area contributed by atoms with Gasteiger partial charge in [-0.2, -0.15) is 0 Å². The first-order valence-electron chi connectivity index (χ1n) is 3.57. The zero-order chi connectivity index (χ0) is 9.30. The van der Waals surface area contributed by atoms with Gasteiger partial charge in [-0.25, -0.2) is 8.78 Å². The monoisotopic (exact) mass is 172 g/mol. The maximum atomic E-state index is 13.1. The maximum Gasteiger partial charge on any atom is 0.170 e. The Morgan fingerprint density at radius 3 is 2.25 bits per heavy atom. The molecule has 0 heterocycles. The average Bonchev–Trinajstić information content (AvgIpc) is 2.08. The first-order chi connectivity index (χ1) is 5.57. The molecule has 0 aliphatic heterocycles. The molecule has 1 nitrogen and oxygen atoms in total. The van der Waals surface area contributed by atoms with Crippen LogP contribution >= 0.6 is 0 Å². The lowest BCUT2D eigenvalue weighted by Gasteiger charge is -2.07. The van der Waals surface area contributed by atoms with Crippen LogP contribution in [0.15, 0.2) is 6.07 Å². The van der Waals surface area contributed by atoms with E-state index in [1.165, 1.54) is 20.1 Å². The van der Waals surface area contributed by atoms with Gasteiger partial charge in [-0.3, -0.25) is 0 Å². The fourth-order valence-electron chi connectivity index (χ4n) is 1.05. The Morgan fingerprint density at radius 2 is 1.75 bits per heavy atom.